The van der Waals surface area contributed by atoms with E-state index < -0.39 is 0 Å². The van der Waals surface area contributed by atoms with Gasteiger partial charge in [0.2, 0.25) is 0 Å². The molecule has 0 N–H and O–H groups in total. The maximum Gasteiger partial charge on any atom is 0.166 e. The zero-order valence-corrected chi connectivity index (χ0v) is 12.1. The first-order valence-corrected chi connectivity index (χ1v) is 8.29. The minimum absolute atomic E-state index is 0.222. The zero-order chi connectivity index (χ0) is 13.5. The highest BCUT2D eigenvalue weighted by Gasteiger charge is 2.38. The maximum absolute atomic E-state index is 12.9. The van der Waals surface area contributed by atoms with Gasteiger partial charge in [-0.1, -0.05) is 18.2 Å². The van der Waals surface area contributed by atoms with Crippen molar-refractivity contribution in [2.45, 2.75) is 36.2 Å². The first-order valence-electron chi connectivity index (χ1n) is 7.34. The normalized spacial score (nSPS) is 28.7. The van der Waals surface area contributed by atoms with Crippen molar-refractivity contribution in [2.75, 3.05) is 0 Å². The Hall–Kier alpha value is -1.35. The second-order valence-corrected chi connectivity index (χ2v) is 7.47. The molecule has 4 rings (SSSR count). The molecule has 2 aliphatic rings. The van der Waals surface area contributed by atoms with Crippen molar-refractivity contribution in [1.29, 1.82) is 0 Å². The highest BCUT2D eigenvalue weighted by molar-refractivity contribution is 8.00. The Bertz CT molecular complexity index is 652. The van der Waals surface area contributed by atoms with Gasteiger partial charge in [-0.25, -0.2) is 0 Å². The second-order valence-electron chi connectivity index (χ2n) is 5.87. The molecule has 0 radical (unpaired) electrons. The van der Waals surface area contributed by atoms with Crippen LogP contribution in [0, 0.1) is 5.92 Å². The highest BCUT2D eigenvalue weighted by Crippen LogP contribution is 2.46. The Morgan fingerprint density at radius 3 is 2.65 bits per heavy atom. The zero-order valence-electron chi connectivity index (χ0n) is 11.3. The molecule has 0 aliphatic carbocycles. The van der Waals surface area contributed by atoms with Crippen molar-refractivity contribution < 1.29 is 4.79 Å². The van der Waals surface area contributed by atoms with Crippen LogP contribution >= 0.6 is 11.8 Å². The predicted molar refractivity (Wildman–Crippen MR) is 83.2 cm³/mol. The number of ketones is 1. The Morgan fingerprint density at radius 1 is 1.10 bits per heavy atom. The van der Waals surface area contributed by atoms with Gasteiger partial charge in [0.05, 0.1) is 5.52 Å². The molecule has 0 saturated carbocycles. The molecule has 2 aromatic rings. The topological polar surface area (TPSA) is 30.0 Å². The van der Waals surface area contributed by atoms with Crippen LogP contribution in [0.15, 0.2) is 36.5 Å². The van der Waals surface area contributed by atoms with Gasteiger partial charge in [0.25, 0.3) is 0 Å². The van der Waals surface area contributed by atoms with Gasteiger partial charge in [0.15, 0.2) is 5.78 Å². The molecule has 3 heterocycles. The number of benzene rings is 1. The fourth-order valence-electron chi connectivity index (χ4n) is 3.60. The maximum atomic E-state index is 12.9. The Labute approximate surface area is 123 Å². The van der Waals surface area contributed by atoms with Crippen molar-refractivity contribution in [1.82, 2.24) is 4.98 Å². The molecule has 0 amide bonds. The standard InChI is InChI=1S/C17H17NOS/c19-17(11-9-12-5-6-13(10-11)20-12)15-7-8-18-16-4-2-1-3-14(15)16/h1-4,7-8,11-13H,5-6,9-10H2. The molecule has 2 fully saturated rings. The van der Waals surface area contributed by atoms with E-state index in [1.54, 1.807) is 6.20 Å². The van der Waals surface area contributed by atoms with Gasteiger partial charge < -0.3 is 0 Å². The number of nitrogens with zero attached hydrogens (tertiary/aromatic N) is 1. The average Bonchev–Trinajstić information content (AvgIpc) is 2.84. The number of thioether (sulfide) groups is 1. The summed E-state index contributed by atoms with van der Waals surface area (Å²) < 4.78 is 0. The first kappa shape index (κ1) is 12.4. The van der Waals surface area contributed by atoms with E-state index in [4.69, 9.17) is 0 Å². The molecule has 2 nitrogen and oxygen atoms in total. The number of fused-ring (bicyclic) bond motifs is 3. The highest BCUT2D eigenvalue weighted by atomic mass is 32.2. The van der Waals surface area contributed by atoms with Gasteiger partial charge in [0.1, 0.15) is 0 Å². The van der Waals surface area contributed by atoms with E-state index in [9.17, 15) is 4.79 Å². The molecule has 2 saturated heterocycles. The number of carbonyl (C=O) groups excluding carboxylic acids is 1. The number of pyridine rings is 1. The molecule has 102 valence electrons. The van der Waals surface area contributed by atoms with Crippen LogP contribution in [-0.2, 0) is 0 Å². The molecule has 1 aromatic heterocycles. The third kappa shape index (κ3) is 2.05. The number of carbonyl (C=O) groups is 1. The van der Waals surface area contributed by atoms with Crippen LogP contribution in [-0.4, -0.2) is 21.3 Å². The molecule has 2 atom stereocenters. The molecule has 2 unspecified atom stereocenters. The Morgan fingerprint density at radius 2 is 1.85 bits per heavy atom. The summed E-state index contributed by atoms with van der Waals surface area (Å²) in [7, 11) is 0. The summed E-state index contributed by atoms with van der Waals surface area (Å²) in [6.07, 6.45) is 6.50. The van der Waals surface area contributed by atoms with Crippen LogP contribution in [0.25, 0.3) is 10.9 Å². The fourth-order valence-corrected chi connectivity index (χ4v) is 5.38. The van der Waals surface area contributed by atoms with E-state index >= 15 is 0 Å². The lowest BCUT2D eigenvalue weighted by molar-refractivity contribution is 0.0908. The van der Waals surface area contributed by atoms with Crippen molar-refractivity contribution in [2.24, 2.45) is 5.92 Å². The van der Waals surface area contributed by atoms with Gasteiger partial charge in [-0.3, -0.25) is 9.78 Å². The second kappa shape index (κ2) is 4.88. The van der Waals surface area contributed by atoms with Crippen LogP contribution in [0.4, 0.5) is 0 Å². The minimum atomic E-state index is 0.222. The predicted octanol–water partition coefficient (Wildman–Crippen LogP) is 4.09. The Balaban J connectivity index is 1.70. The van der Waals surface area contributed by atoms with E-state index in [0.29, 0.717) is 5.78 Å². The molecule has 1 aromatic carbocycles. The van der Waals surface area contributed by atoms with E-state index in [0.717, 1.165) is 39.8 Å². The van der Waals surface area contributed by atoms with Crippen LogP contribution in [0.5, 0.6) is 0 Å². The molecule has 3 heteroatoms. The molecular formula is C17H17NOS. The number of aromatic nitrogens is 1. The number of para-hydroxylation sites is 1. The van der Waals surface area contributed by atoms with Crippen molar-refractivity contribution in [3.8, 4) is 0 Å². The average molecular weight is 283 g/mol. The van der Waals surface area contributed by atoms with E-state index in [1.165, 1.54) is 12.8 Å². The third-order valence-electron chi connectivity index (χ3n) is 4.58. The SMILES string of the molecule is O=C(c1ccnc2ccccc12)C1CC2CCC(C1)S2. The molecule has 20 heavy (non-hydrogen) atoms. The van der Waals surface area contributed by atoms with Gasteiger partial charge in [0, 0.05) is 33.6 Å². The van der Waals surface area contributed by atoms with Crippen molar-refractivity contribution in [3.63, 3.8) is 0 Å². The number of Topliss-reactive ketones (excluding diaryl/α,β-unsaturated/α-hetero) is 1. The molecular weight excluding hydrogens is 266 g/mol. The largest absolute Gasteiger partial charge is 0.294 e. The summed E-state index contributed by atoms with van der Waals surface area (Å²) in [6, 6.07) is 9.85. The number of hydrogen-bond acceptors (Lipinski definition) is 3. The van der Waals surface area contributed by atoms with Gasteiger partial charge >= 0.3 is 0 Å². The molecule has 2 aliphatic heterocycles. The smallest absolute Gasteiger partial charge is 0.166 e. The van der Waals surface area contributed by atoms with Gasteiger partial charge in [-0.15, -0.1) is 0 Å². The summed E-state index contributed by atoms with van der Waals surface area (Å²) in [4.78, 5) is 17.3. The molecule has 2 bridgehead atoms. The summed E-state index contributed by atoms with van der Waals surface area (Å²) in [5.41, 5.74) is 1.79. The minimum Gasteiger partial charge on any atom is -0.294 e. The van der Waals surface area contributed by atoms with Crippen LogP contribution in [0.1, 0.15) is 36.0 Å². The van der Waals surface area contributed by atoms with Crippen LogP contribution in [0.3, 0.4) is 0 Å². The third-order valence-corrected chi connectivity index (χ3v) is 6.20. The van der Waals surface area contributed by atoms with Crippen LogP contribution in [0.2, 0.25) is 0 Å². The molecule has 0 spiro atoms. The summed E-state index contributed by atoms with van der Waals surface area (Å²) in [5.74, 6) is 0.556. The summed E-state index contributed by atoms with van der Waals surface area (Å²) in [5, 5.41) is 2.44. The lowest BCUT2D eigenvalue weighted by Crippen LogP contribution is -2.25. The monoisotopic (exact) mass is 283 g/mol. The summed E-state index contributed by atoms with van der Waals surface area (Å²) in [6.45, 7) is 0. The van der Waals surface area contributed by atoms with E-state index in [1.807, 2.05) is 30.3 Å². The van der Waals surface area contributed by atoms with E-state index in [2.05, 4.69) is 16.7 Å². The number of rotatable bonds is 2. The fraction of sp³-hybridized carbons (Fsp3) is 0.412. The van der Waals surface area contributed by atoms with E-state index in [-0.39, 0.29) is 5.92 Å². The first-order chi connectivity index (χ1) is 9.81. The lowest BCUT2D eigenvalue weighted by atomic mass is 9.89. The number of hydrogen-bond donors (Lipinski definition) is 0. The van der Waals surface area contributed by atoms with Gasteiger partial charge in [-0.05, 0) is 37.8 Å². The Kier molecular flexibility index (Phi) is 3.03. The van der Waals surface area contributed by atoms with Crippen molar-refractivity contribution >= 4 is 28.4 Å². The lowest BCUT2D eigenvalue weighted by Gasteiger charge is -2.26. The van der Waals surface area contributed by atoms with Crippen LogP contribution < -0.4 is 0 Å². The van der Waals surface area contributed by atoms with Crippen molar-refractivity contribution in [3.05, 3.63) is 42.1 Å². The van der Waals surface area contributed by atoms with Gasteiger partial charge in [-0.2, -0.15) is 11.8 Å². The quantitative estimate of drug-likeness (QED) is 0.777. The summed E-state index contributed by atoms with van der Waals surface area (Å²) >= 11 is 2.11.